The lowest BCUT2D eigenvalue weighted by atomic mass is 9.95. The van der Waals surface area contributed by atoms with Crippen molar-refractivity contribution in [3.05, 3.63) is 24.5 Å². The van der Waals surface area contributed by atoms with Crippen LogP contribution in [0.25, 0.3) is 11.0 Å². The lowest BCUT2D eigenvalue weighted by molar-refractivity contribution is 0.398. The number of imidazole rings is 1. The molecule has 4 heteroatoms. The minimum atomic E-state index is 0.521. The molecular weight excluding hydrogens is 224 g/mol. The number of fused-ring (bicyclic) bond motifs is 1. The lowest BCUT2D eigenvalue weighted by Gasteiger charge is -2.27. The van der Waals surface area contributed by atoms with Crippen LogP contribution in [-0.4, -0.2) is 30.1 Å². The Labute approximate surface area is 108 Å². The molecule has 0 radical (unpaired) electrons. The zero-order chi connectivity index (χ0) is 13.1. The number of nitrogens with one attached hydrogen (secondary N) is 1. The molecule has 0 spiro atoms. The van der Waals surface area contributed by atoms with Crippen LogP contribution in [-0.2, 0) is 0 Å². The van der Waals surface area contributed by atoms with Crippen molar-refractivity contribution in [1.29, 1.82) is 0 Å². The van der Waals surface area contributed by atoms with Crippen LogP contribution < -0.4 is 10.6 Å². The van der Waals surface area contributed by atoms with Gasteiger partial charge in [-0.1, -0.05) is 13.8 Å². The summed E-state index contributed by atoms with van der Waals surface area (Å²) in [7, 11) is 2.11. The fourth-order valence-corrected chi connectivity index (χ4v) is 2.18. The molecule has 0 amide bonds. The molecule has 98 valence electrons. The molecule has 3 N–H and O–H groups in total. The maximum absolute atomic E-state index is 5.83. The van der Waals surface area contributed by atoms with Gasteiger partial charge in [0.25, 0.3) is 0 Å². The highest BCUT2D eigenvalue weighted by Gasteiger charge is 2.14. The minimum absolute atomic E-state index is 0.521. The second kappa shape index (κ2) is 5.40. The molecule has 1 heterocycles. The van der Waals surface area contributed by atoms with E-state index in [9.17, 15) is 0 Å². The molecule has 2 rings (SSSR count). The standard InChI is InChI=1S/C14H22N4/c1-10(2)11(7-15)8-18(3)12-4-5-13-14(6-12)17-9-16-13/h4-6,9-11H,7-8,15H2,1-3H3,(H,16,17). The maximum atomic E-state index is 5.83. The summed E-state index contributed by atoms with van der Waals surface area (Å²) in [4.78, 5) is 9.63. The third-order valence-corrected chi connectivity index (χ3v) is 3.60. The summed E-state index contributed by atoms with van der Waals surface area (Å²) >= 11 is 0. The van der Waals surface area contributed by atoms with E-state index in [0.29, 0.717) is 11.8 Å². The van der Waals surface area contributed by atoms with Gasteiger partial charge in [-0.25, -0.2) is 4.98 Å². The quantitative estimate of drug-likeness (QED) is 0.850. The van der Waals surface area contributed by atoms with E-state index in [-0.39, 0.29) is 0 Å². The fraction of sp³-hybridized carbons (Fsp3) is 0.500. The Hall–Kier alpha value is -1.55. The van der Waals surface area contributed by atoms with Gasteiger partial charge in [0.15, 0.2) is 0 Å². The molecular formula is C14H22N4. The van der Waals surface area contributed by atoms with Gasteiger partial charge in [0.05, 0.1) is 17.4 Å². The number of hydrogen-bond acceptors (Lipinski definition) is 3. The van der Waals surface area contributed by atoms with Crippen molar-refractivity contribution < 1.29 is 0 Å². The van der Waals surface area contributed by atoms with Crippen molar-refractivity contribution in [2.45, 2.75) is 13.8 Å². The van der Waals surface area contributed by atoms with Gasteiger partial charge in [-0.3, -0.25) is 0 Å². The van der Waals surface area contributed by atoms with Crippen LogP contribution in [0.5, 0.6) is 0 Å². The van der Waals surface area contributed by atoms with Crippen molar-refractivity contribution in [2.24, 2.45) is 17.6 Å². The van der Waals surface area contributed by atoms with E-state index >= 15 is 0 Å². The van der Waals surface area contributed by atoms with E-state index in [1.165, 1.54) is 5.69 Å². The Morgan fingerprint density at radius 2 is 2.17 bits per heavy atom. The smallest absolute Gasteiger partial charge is 0.0931 e. The summed E-state index contributed by atoms with van der Waals surface area (Å²) in [6.07, 6.45) is 1.73. The Kier molecular flexibility index (Phi) is 3.87. The van der Waals surface area contributed by atoms with Crippen LogP contribution in [0.4, 0.5) is 5.69 Å². The molecule has 0 saturated carbocycles. The van der Waals surface area contributed by atoms with E-state index in [1.54, 1.807) is 6.33 Å². The number of nitrogens with zero attached hydrogens (tertiary/aromatic N) is 2. The van der Waals surface area contributed by atoms with Gasteiger partial charge >= 0.3 is 0 Å². The van der Waals surface area contributed by atoms with Crippen molar-refractivity contribution in [2.75, 3.05) is 25.0 Å². The Morgan fingerprint density at radius 3 is 2.83 bits per heavy atom. The summed E-state index contributed by atoms with van der Waals surface area (Å²) in [5.74, 6) is 1.13. The predicted octanol–water partition coefficient (Wildman–Crippen LogP) is 2.23. The average molecular weight is 246 g/mol. The molecule has 0 aliphatic heterocycles. The number of hydrogen-bond donors (Lipinski definition) is 2. The van der Waals surface area contributed by atoms with Crippen molar-refractivity contribution in [3.8, 4) is 0 Å². The molecule has 1 unspecified atom stereocenters. The number of benzene rings is 1. The first-order valence-corrected chi connectivity index (χ1v) is 6.46. The summed E-state index contributed by atoms with van der Waals surface area (Å²) in [6.45, 7) is 6.16. The normalized spacial score (nSPS) is 13.2. The fourth-order valence-electron chi connectivity index (χ4n) is 2.18. The first-order valence-electron chi connectivity index (χ1n) is 6.46. The summed E-state index contributed by atoms with van der Waals surface area (Å²) < 4.78 is 0. The highest BCUT2D eigenvalue weighted by atomic mass is 15.1. The largest absolute Gasteiger partial charge is 0.374 e. The van der Waals surface area contributed by atoms with Crippen LogP contribution in [0.2, 0.25) is 0 Å². The van der Waals surface area contributed by atoms with Gasteiger partial charge in [0.1, 0.15) is 0 Å². The highest BCUT2D eigenvalue weighted by molar-refractivity contribution is 5.78. The van der Waals surface area contributed by atoms with Crippen LogP contribution >= 0.6 is 0 Å². The molecule has 18 heavy (non-hydrogen) atoms. The first kappa shape index (κ1) is 12.9. The third kappa shape index (κ3) is 2.64. The molecule has 0 aliphatic rings. The molecule has 1 aromatic heterocycles. The first-order chi connectivity index (χ1) is 8.61. The second-order valence-corrected chi connectivity index (χ2v) is 5.22. The van der Waals surface area contributed by atoms with Crippen LogP contribution in [0.1, 0.15) is 13.8 Å². The van der Waals surface area contributed by atoms with Crippen LogP contribution in [0.3, 0.4) is 0 Å². The predicted molar refractivity (Wildman–Crippen MR) is 76.7 cm³/mol. The molecule has 2 aromatic rings. The number of aromatic amines is 1. The molecule has 4 nitrogen and oxygen atoms in total. The van der Waals surface area contributed by atoms with Gasteiger partial charge in [-0.2, -0.15) is 0 Å². The molecule has 0 aliphatic carbocycles. The Bertz CT molecular complexity index is 503. The van der Waals surface area contributed by atoms with Gasteiger partial charge in [-0.05, 0) is 36.6 Å². The number of rotatable bonds is 5. The number of nitrogens with two attached hydrogens (primary N) is 1. The summed E-state index contributed by atoms with van der Waals surface area (Å²) in [5.41, 5.74) is 9.11. The van der Waals surface area contributed by atoms with E-state index in [1.807, 2.05) is 6.07 Å². The van der Waals surface area contributed by atoms with E-state index in [4.69, 9.17) is 5.73 Å². The minimum Gasteiger partial charge on any atom is -0.374 e. The van der Waals surface area contributed by atoms with Crippen LogP contribution in [0, 0.1) is 11.8 Å². The molecule has 0 saturated heterocycles. The molecule has 0 bridgehead atoms. The Balaban J connectivity index is 2.14. The van der Waals surface area contributed by atoms with Gasteiger partial charge in [0, 0.05) is 19.3 Å². The molecule has 1 aromatic carbocycles. The SMILES string of the molecule is CC(C)C(CN)CN(C)c1ccc2nc[nH]c2c1. The monoisotopic (exact) mass is 246 g/mol. The lowest BCUT2D eigenvalue weighted by Crippen LogP contribution is -2.33. The van der Waals surface area contributed by atoms with Gasteiger partial charge in [0.2, 0.25) is 0 Å². The average Bonchev–Trinajstić information content (AvgIpc) is 2.82. The van der Waals surface area contributed by atoms with Gasteiger partial charge < -0.3 is 15.6 Å². The van der Waals surface area contributed by atoms with Gasteiger partial charge in [-0.15, -0.1) is 0 Å². The highest BCUT2D eigenvalue weighted by Crippen LogP contribution is 2.21. The van der Waals surface area contributed by atoms with E-state index in [0.717, 1.165) is 24.1 Å². The zero-order valence-electron chi connectivity index (χ0n) is 11.4. The van der Waals surface area contributed by atoms with E-state index < -0.39 is 0 Å². The summed E-state index contributed by atoms with van der Waals surface area (Å²) in [5, 5.41) is 0. The zero-order valence-corrected chi connectivity index (χ0v) is 11.4. The number of anilines is 1. The maximum Gasteiger partial charge on any atom is 0.0931 e. The van der Waals surface area contributed by atoms with E-state index in [2.05, 4.69) is 47.9 Å². The summed E-state index contributed by atoms with van der Waals surface area (Å²) in [6, 6.07) is 6.29. The van der Waals surface area contributed by atoms with Crippen LogP contribution in [0.15, 0.2) is 24.5 Å². The molecule has 0 fully saturated rings. The Morgan fingerprint density at radius 1 is 1.39 bits per heavy atom. The topological polar surface area (TPSA) is 57.9 Å². The third-order valence-electron chi connectivity index (χ3n) is 3.60. The number of aromatic nitrogens is 2. The van der Waals surface area contributed by atoms with Crippen molar-refractivity contribution >= 4 is 16.7 Å². The number of H-pyrrole nitrogens is 1. The van der Waals surface area contributed by atoms with Crippen molar-refractivity contribution in [3.63, 3.8) is 0 Å². The van der Waals surface area contributed by atoms with Crippen molar-refractivity contribution in [1.82, 2.24) is 9.97 Å². The molecule has 1 atom stereocenters. The second-order valence-electron chi connectivity index (χ2n) is 5.22.